The van der Waals surface area contributed by atoms with Crippen LogP contribution in [0.2, 0.25) is 0 Å². The molecule has 21 heavy (non-hydrogen) atoms. The fourth-order valence-electron chi connectivity index (χ4n) is 2.58. The highest BCUT2D eigenvalue weighted by molar-refractivity contribution is 7.89. The molecule has 0 amide bonds. The van der Waals surface area contributed by atoms with Crippen LogP contribution >= 0.6 is 0 Å². The van der Waals surface area contributed by atoms with Gasteiger partial charge in [-0.25, -0.2) is 13.1 Å². The lowest BCUT2D eigenvalue weighted by molar-refractivity contribution is 0.485. The Hall–Kier alpha value is -1.07. The lowest BCUT2D eigenvalue weighted by Gasteiger charge is -2.20. The maximum Gasteiger partial charge on any atom is 0.240 e. The van der Waals surface area contributed by atoms with Gasteiger partial charge in [0.25, 0.3) is 0 Å². The standard InChI is InChI=1S/C16H26N2O2S/c1-12(2)6-7-13(3)18-21(19,20)15-9-8-14-5-4-10-17-16(14)11-15/h8-9,11-13,17-18H,4-7,10H2,1-3H3. The average molecular weight is 310 g/mol. The Labute approximate surface area is 128 Å². The Kier molecular flexibility index (Phi) is 5.27. The highest BCUT2D eigenvalue weighted by Crippen LogP contribution is 2.25. The molecule has 1 atom stereocenters. The third-order valence-electron chi connectivity index (χ3n) is 3.86. The smallest absolute Gasteiger partial charge is 0.240 e. The molecule has 0 radical (unpaired) electrons. The highest BCUT2D eigenvalue weighted by atomic mass is 32.2. The van der Waals surface area contributed by atoms with Crippen LogP contribution in [0.3, 0.4) is 0 Å². The molecule has 1 aliphatic rings. The summed E-state index contributed by atoms with van der Waals surface area (Å²) in [6.45, 7) is 7.14. The Morgan fingerprint density at radius 2 is 2.00 bits per heavy atom. The molecule has 0 bridgehead atoms. The molecule has 1 unspecified atom stereocenters. The first-order chi connectivity index (χ1) is 9.88. The maximum absolute atomic E-state index is 12.4. The quantitative estimate of drug-likeness (QED) is 0.848. The van der Waals surface area contributed by atoms with E-state index in [1.54, 1.807) is 12.1 Å². The van der Waals surface area contributed by atoms with Gasteiger partial charge in [-0.2, -0.15) is 0 Å². The third-order valence-corrected chi connectivity index (χ3v) is 5.45. The van der Waals surface area contributed by atoms with E-state index in [0.717, 1.165) is 37.9 Å². The Morgan fingerprint density at radius 1 is 1.24 bits per heavy atom. The third kappa shape index (κ3) is 4.45. The van der Waals surface area contributed by atoms with Gasteiger partial charge in [-0.15, -0.1) is 0 Å². The van der Waals surface area contributed by atoms with Crippen LogP contribution in [0.15, 0.2) is 23.1 Å². The molecular formula is C16H26N2O2S. The normalized spacial score (nSPS) is 16.4. The molecule has 5 heteroatoms. The number of nitrogens with one attached hydrogen (secondary N) is 2. The minimum atomic E-state index is -3.43. The van der Waals surface area contributed by atoms with Gasteiger partial charge in [0.2, 0.25) is 10.0 Å². The Bertz CT molecular complexity index is 582. The number of rotatable bonds is 6. The summed E-state index contributed by atoms with van der Waals surface area (Å²) in [6.07, 6.45) is 4.00. The summed E-state index contributed by atoms with van der Waals surface area (Å²) in [6, 6.07) is 5.35. The van der Waals surface area contributed by atoms with Crippen LogP contribution in [0.5, 0.6) is 0 Å². The number of anilines is 1. The zero-order chi connectivity index (χ0) is 15.5. The molecule has 1 aromatic rings. The number of hydrogen-bond donors (Lipinski definition) is 2. The molecule has 1 aliphatic heterocycles. The molecule has 0 spiro atoms. The maximum atomic E-state index is 12.4. The van der Waals surface area contributed by atoms with E-state index < -0.39 is 10.0 Å². The summed E-state index contributed by atoms with van der Waals surface area (Å²) in [4.78, 5) is 0.354. The van der Waals surface area contributed by atoms with Crippen molar-refractivity contribution in [2.75, 3.05) is 11.9 Å². The molecular weight excluding hydrogens is 284 g/mol. The van der Waals surface area contributed by atoms with Gasteiger partial charge in [0.15, 0.2) is 0 Å². The minimum Gasteiger partial charge on any atom is -0.385 e. The molecule has 1 aromatic carbocycles. The van der Waals surface area contributed by atoms with E-state index in [-0.39, 0.29) is 6.04 Å². The van der Waals surface area contributed by atoms with E-state index in [0.29, 0.717) is 10.8 Å². The van der Waals surface area contributed by atoms with Crippen molar-refractivity contribution in [2.24, 2.45) is 5.92 Å². The van der Waals surface area contributed by atoms with Crippen molar-refractivity contribution in [2.45, 2.75) is 57.4 Å². The molecule has 118 valence electrons. The van der Waals surface area contributed by atoms with Crippen molar-refractivity contribution in [1.29, 1.82) is 0 Å². The van der Waals surface area contributed by atoms with E-state index in [4.69, 9.17) is 0 Å². The van der Waals surface area contributed by atoms with E-state index >= 15 is 0 Å². The lowest BCUT2D eigenvalue weighted by Crippen LogP contribution is -2.33. The fourth-order valence-corrected chi connectivity index (χ4v) is 3.89. The summed E-state index contributed by atoms with van der Waals surface area (Å²) in [5, 5.41) is 3.28. The van der Waals surface area contributed by atoms with Gasteiger partial charge in [-0.1, -0.05) is 19.9 Å². The molecule has 0 saturated carbocycles. The number of hydrogen-bond acceptors (Lipinski definition) is 3. The van der Waals surface area contributed by atoms with Crippen LogP contribution in [-0.2, 0) is 16.4 Å². The summed E-state index contributed by atoms with van der Waals surface area (Å²) >= 11 is 0. The Balaban J connectivity index is 2.08. The zero-order valence-electron chi connectivity index (χ0n) is 13.1. The molecule has 1 heterocycles. The molecule has 0 aliphatic carbocycles. The number of aryl methyl sites for hydroxylation is 1. The lowest BCUT2D eigenvalue weighted by atomic mass is 10.0. The van der Waals surface area contributed by atoms with E-state index in [1.165, 1.54) is 5.56 Å². The van der Waals surface area contributed by atoms with Crippen LogP contribution in [0.25, 0.3) is 0 Å². The van der Waals surface area contributed by atoms with Crippen molar-refractivity contribution in [3.63, 3.8) is 0 Å². The number of fused-ring (bicyclic) bond motifs is 1. The van der Waals surface area contributed by atoms with Crippen molar-refractivity contribution in [3.05, 3.63) is 23.8 Å². The van der Waals surface area contributed by atoms with E-state index in [2.05, 4.69) is 23.9 Å². The summed E-state index contributed by atoms with van der Waals surface area (Å²) in [5.41, 5.74) is 2.16. The van der Waals surface area contributed by atoms with Gasteiger partial charge in [-0.05, 0) is 56.2 Å². The van der Waals surface area contributed by atoms with Gasteiger partial charge < -0.3 is 5.32 Å². The summed E-state index contributed by atoms with van der Waals surface area (Å²) < 4.78 is 27.6. The van der Waals surface area contributed by atoms with Crippen LogP contribution in [-0.4, -0.2) is 21.0 Å². The first-order valence-corrected chi connectivity index (χ1v) is 9.26. The molecule has 2 N–H and O–H groups in total. The van der Waals surface area contributed by atoms with Crippen LogP contribution in [0.4, 0.5) is 5.69 Å². The average Bonchev–Trinajstić information content (AvgIpc) is 2.44. The van der Waals surface area contributed by atoms with E-state index in [9.17, 15) is 8.42 Å². The van der Waals surface area contributed by atoms with Crippen LogP contribution in [0.1, 0.15) is 45.6 Å². The molecule has 4 nitrogen and oxygen atoms in total. The van der Waals surface area contributed by atoms with Crippen molar-refractivity contribution in [3.8, 4) is 0 Å². The van der Waals surface area contributed by atoms with E-state index in [1.807, 2.05) is 13.0 Å². The molecule has 0 fully saturated rings. The highest BCUT2D eigenvalue weighted by Gasteiger charge is 2.19. The first kappa shape index (κ1) is 16.3. The van der Waals surface area contributed by atoms with Gasteiger partial charge in [0.05, 0.1) is 4.90 Å². The second-order valence-corrected chi connectivity index (χ2v) is 8.06. The van der Waals surface area contributed by atoms with Crippen molar-refractivity contribution < 1.29 is 8.42 Å². The molecule has 2 rings (SSSR count). The fraction of sp³-hybridized carbons (Fsp3) is 0.625. The van der Waals surface area contributed by atoms with Crippen LogP contribution in [0, 0.1) is 5.92 Å². The second kappa shape index (κ2) is 6.79. The first-order valence-electron chi connectivity index (χ1n) is 7.77. The SMILES string of the molecule is CC(C)CCC(C)NS(=O)(=O)c1ccc2c(c1)NCCC2. The zero-order valence-corrected chi connectivity index (χ0v) is 14.0. The summed E-state index contributed by atoms with van der Waals surface area (Å²) in [5.74, 6) is 0.588. The predicted molar refractivity (Wildman–Crippen MR) is 87.1 cm³/mol. The van der Waals surface area contributed by atoms with Gasteiger partial charge in [0, 0.05) is 18.3 Å². The largest absolute Gasteiger partial charge is 0.385 e. The number of benzene rings is 1. The van der Waals surface area contributed by atoms with Crippen molar-refractivity contribution in [1.82, 2.24) is 4.72 Å². The Morgan fingerprint density at radius 3 is 2.71 bits per heavy atom. The number of sulfonamides is 1. The van der Waals surface area contributed by atoms with Crippen molar-refractivity contribution >= 4 is 15.7 Å². The van der Waals surface area contributed by atoms with Gasteiger partial charge >= 0.3 is 0 Å². The monoisotopic (exact) mass is 310 g/mol. The topological polar surface area (TPSA) is 58.2 Å². The van der Waals surface area contributed by atoms with Gasteiger partial charge in [0.1, 0.15) is 0 Å². The summed E-state index contributed by atoms with van der Waals surface area (Å²) in [7, 11) is -3.43. The molecule has 0 aromatic heterocycles. The van der Waals surface area contributed by atoms with Gasteiger partial charge in [-0.3, -0.25) is 0 Å². The minimum absolute atomic E-state index is 0.0404. The molecule has 0 saturated heterocycles. The predicted octanol–water partition coefficient (Wildman–Crippen LogP) is 3.15. The van der Waals surface area contributed by atoms with Crippen LogP contribution < -0.4 is 10.0 Å². The second-order valence-electron chi connectivity index (χ2n) is 6.34.